The minimum Gasteiger partial charge on any atom is -0.459 e. The zero-order chi connectivity index (χ0) is 12.7. The first-order valence-electron chi connectivity index (χ1n) is 5.36. The predicted octanol–water partition coefficient (Wildman–Crippen LogP) is 0.929. The van der Waals surface area contributed by atoms with Gasteiger partial charge in [0.1, 0.15) is 0 Å². The number of carbonyl (C=O) groups is 1. The Morgan fingerprint density at radius 2 is 2.24 bits per heavy atom. The van der Waals surface area contributed by atoms with Gasteiger partial charge in [0.2, 0.25) is 0 Å². The van der Waals surface area contributed by atoms with Crippen molar-refractivity contribution in [3.8, 4) is 0 Å². The molecule has 0 radical (unpaired) electrons. The van der Waals surface area contributed by atoms with Crippen LogP contribution in [0.15, 0.2) is 22.8 Å². The second-order valence-corrected chi connectivity index (χ2v) is 6.86. The SMILES string of the molecule is CN(C(=O)c1ccco1)[C@@]1(C)CCS(=O)(=O)C1. The first-order valence-corrected chi connectivity index (χ1v) is 7.18. The Morgan fingerprint density at radius 1 is 1.53 bits per heavy atom. The molecule has 0 aromatic carbocycles. The van der Waals surface area contributed by atoms with Crippen molar-refractivity contribution >= 4 is 15.7 Å². The number of furan rings is 1. The number of sulfone groups is 1. The van der Waals surface area contributed by atoms with Gasteiger partial charge in [-0.05, 0) is 25.5 Å². The fourth-order valence-electron chi connectivity index (χ4n) is 2.07. The van der Waals surface area contributed by atoms with Crippen molar-refractivity contribution in [3.05, 3.63) is 24.2 Å². The van der Waals surface area contributed by atoms with Gasteiger partial charge in [-0.15, -0.1) is 0 Å². The summed E-state index contributed by atoms with van der Waals surface area (Å²) in [6.45, 7) is 1.79. The molecule has 5 nitrogen and oxygen atoms in total. The summed E-state index contributed by atoms with van der Waals surface area (Å²) in [6, 6.07) is 3.21. The fraction of sp³-hybridized carbons (Fsp3) is 0.545. The quantitative estimate of drug-likeness (QED) is 0.790. The number of hydrogen-bond donors (Lipinski definition) is 0. The molecular formula is C11H15NO4S. The van der Waals surface area contributed by atoms with Crippen LogP contribution in [0.3, 0.4) is 0 Å². The van der Waals surface area contributed by atoms with Crippen LogP contribution in [0.5, 0.6) is 0 Å². The molecule has 0 aliphatic carbocycles. The van der Waals surface area contributed by atoms with E-state index < -0.39 is 15.4 Å². The lowest BCUT2D eigenvalue weighted by Gasteiger charge is -2.33. The van der Waals surface area contributed by atoms with Gasteiger partial charge in [-0.25, -0.2) is 8.42 Å². The van der Waals surface area contributed by atoms with Crippen molar-refractivity contribution in [1.29, 1.82) is 0 Å². The maximum atomic E-state index is 12.0. The highest BCUT2D eigenvalue weighted by Gasteiger charge is 2.43. The second-order valence-electron chi connectivity index (χ2n) is 4.68. The highest BCUT2D eigenvalue weighted by atomic mass is 32.2. The molecule has 1 atom stereocenters. The summed E-state index contributed by atoms with van der Waals surface area (Å²) in [6.07, 6.45) is 1.90. The topological polar surface area (TPSA) is 67.6 Å². The van der Waals surface area contributed by atoms with Crippen LogP contribution >= 0.6 is 0 Å². The van der Waals surface area contributed by atoms with Crippen molar-refractivity contribution in [3.63, 3.8) is 0 Å². The molecule has 0 N–H and O–H groups in total. The third-order valence-electron chi connectivity index (χ3n) is 3.33. The Bertz CT molecular complexity index is 520. The minimum absolute atomic E-state index is 0.0168. The molecule has 1 aromatic heterocycles. The molecular weight excluding hydrogens is 242 g/mol. The van der Waals surface area contributed by atoms with E-state index in [-0.39, 0.29) is 23.2 Å². The zero-order valence-corrected chi connectivity index (χ0v) is 10.7. The van der Waals surface area contributed by atoms with E-state index in [1.165, 1.54) is 11.2 Å². The van der Waals surface area contributed by atoms with E-state index in [1.807, 2.05) is 0 Å². The van der Waals surface area contributed by atoms with Crippen LogP contribution in [0.25, 0.3) is 0 Å². The van der Waals surface area contributed by atoms with E-state index >= 15 is 0 Å². The standard InChI is InChI=1S/C11H15NO4S/c1-11(5-7-17(14,15)8-11)12(2)10(13)9-4-3-6-16-9/h3-4,6H,5,7-8H2,1-2H3/t11-/m0/s1. The van der Waals surface area contributed by atoms with Crippen LogP contribution in [0.2, 0.25) is 0 Å². The van der Waals surface area contributed by atoms with Crippen LogP contribution in [0, 0.1) is 0 Å². The highest BCUT2D eigenvalue weighted by Crippen LogP contribution is 2.29. The lowest BCUT2D eigenvalue weighted by atomic mass is 10.00. The maximum absolute atomic E-state index is 12.0. The Kier molecular flexibility index (Phi) is 2.77. The van der Waals surface area contributed by atoms with Gasteiger partial charge in [0.25, 0.3) is 5.91 Å². The fourth-order valence-corrected chi connectivity index (χ4v) is 4.25. The summed E-state index contributed by atoms with van der Waals surface area (Å²) in [5.74, 6) is 0.106. The summed E-state index contributed by atoms with van der Waals surface area (Å²) in [5, 5.41) is 0. The third-order valence-corrected chi connectivity index (χ3v) is 5.22. The molecule has 0 spiro atoms. The van der Waals surface area contributed by atoms with Crippen LogP contribution in [0.4, 0.5) is 0 Å². The van der Waals surface area contributed by atoms with Crippen molar-refractivity contribution in [2.75, 3.05) is 18.6 Å². The van der Waals surface area contributed by atoms with Crippen LogP contribution in [0.1, 0.15) is 23.9 Å². The van der Waals surface area contributed by atoms with Gasteiger partial charge in [-0.3, -0.25) is 4.79 Å². The lowest BCUT2D eigenvalue weighted by molar-refractivity contribution is 0.0605. The first kappa shape index (κ1) is 12.2. The Hall–Kier alpha value is -1.30. The monoisotopic (exact) mass is 257 g/mol. The van der Waals surface area contributed by atoms with E-state index in [2.05, 4.69) is 0 Å². The van der Waals surface area contributed by atoms with E-state index in [1.54, 1.807) is 26.1 Å². The molecule has 1 aliphatic rings. The predicted molar refractivity (Wildman–Crippen MR) is 62.5 cm³/mol. The van der Waals surface area contributed by atoms with E-state index in [0.717, 1.165) is 0 Å². The Morgan fingerprint density at radius 3 is 2.71 bits per heavy atom. The minimum atomic E-state index is -3.03. The van der Waals surface area contributed by atoms with Crippen LogP contribution in [-0.4, -0.2) is 43.3 Å². The Labute approximate surface area is 100 Å². The molecule has 1 saturated heterocycles. The van der Waals surface area contributed by atoms with Gasteiger partial charge >= 0.3 is 0 Å². The molecule has 17 heavy (non-hydrogen) atoms. The third kappa shape index (κ3) is 2.22. The molecule has 6 heteroatoms. The van der Waals surface area contributed by atoms with Crippen LogP contribution in [-0.2, 0) is 9.84 Å². The van der Waals surface area contributed by atoms with E-state index in [9.17, 15) is 13.2 Å². The maximum Gasteiger partial charge on any atom is 0.289 e. The number of rotatable bonds is 2. The lowest BCUT2D eigenvalue weighted by Crippen LogP contribution is -2.48. The van der Waals surface area contributed by atoms with Crippen molar-refractivity contribution in [2.24, 2.45) is 0 Å². The first-order chi connectivity index (χ1) is 7.84. The summed E-state index contributed by atoms with van der Waals surface area (Å²) in [4.78, 5) is 13.5. The summed E-state index contributed by atoms with van der Waals surface area (Å²) in [5.41, 5.74) is -0.636. The normalized spacial score (nSPS) is 26.9. The molecule has 2 rings (SSSR count). The zero-order valence-electron chi connectivity index (χ0n) is 9.84. The van der Waals surface area contributed by atoms with Gasteiger partial charge in [-0.2, -0.15) is 0 Å². The molecule has 2 heterocycles. The van der Waals surface area contributed by atoms with Gasteiger partial charge in [-0.1, -0.05) is 0 Å². The van der Waals surface area contributed by atoms with Gasteiger partial charge in [0, 0.05) is 7.05 Å². The molecule has 1 fully saturated rings. The summed E-state index contributed by atoms with van der Waals surface area (Å²) >= 11 is 0. The molecule has 0 bridgehead atoms. The van der Waals surface area contributed by atoms with Crippen LogP contribution < -0.4 is 0 Å². The number of amides is 1. The highest BCUT2D eigenvalue weighted by molar-refractivity contribution is 7.91. The molecule has 1 aromatic rings. The van der Waals surface area contributed by atoms with Gasteiger partial charge in [0.15, 0.2) is 15.6 Å². The number of carbonyl (C=O) groups excluding carboxylic acids is 1. The van der Waals surface area contributed by atoms with E-state index in [4.69, 9.17) is 4.42 Å². The largest absolute Gasteiger partial charge is 0.459 e. The number of hydrogen-bond acceptors (Lipinski definition) is 4. The van der Waals surface area contributed by atoms with Crippen molar-refractivity contribution in [2.45, 2.75) is 18.9 Å². The average Bonchev–Trinajstić information content (AvgIpc) is 2.85. The molecule has 1 amide bonds. The number of nitrogens with zero attached hydrogens (tertiary/aromatic N) is 1. The summed E-state index contributed by atoms with van der Waals surface area (Å²) in [7, 11) is -1.41. The molecule has 94 valence electrons. The molecule has 0 unspecified atom stereocenters. The molecule has 1 aliphatic heterocycles. The van der Waals surface area contributed by atoms with E-state index in [0.29, 0.717) is 6.42 Å². The van der Waals surface area contributed by atoms with Crippen molar-refractivity contribution < 1.29 is 17.6 Å². The van der Waals surface area contributed by atoms with Gasteiger partial charge < -0.3 is 9.32 Å². The average molecular weight is 257 g/mol. The smallest absolute Gasteiger partial charge is 0.289 e. The van der Waals surface area contributed by atoms with Crippen molar-refractivity contribution in [1.82, 2.24) is 4.90 Å². The summed E-state index contributed by atoms with van der Waals surface area (Å²) < 4.78 is 28.0. The Balaban J connectivity index is 2.21. The van der Waals surface area contributed by atoms with Gasteiger partial charge in [0.05, 0.1) is 23.3 Å². The molecule has 0 saturated carbocycles. The second kappa shape index (κ2) is 3.87.